The Morgan fingerprint density at radius 2 is 0.857 bits per heavy atom. The van der Waals surface area contributed by atoms with Crippen LogP contribution in [-0.2, 0) is 0 Å². The van der Waals surface area contributed by atoms with Crippen molar-refractivity contribution >= 4 is 105 Å². The quantitative estimate of drug-likeness (QED) is 0.0204. The van der Waals surface area contributed by atoms with Crippen molar-refractivity contribution in [3.05, 3.63) is 261 Å². The predicted molar refractivity (Wildman–Crippen MR) is 467 cm³/mol. The van der Waals surface area contributed by atoms with Crippen LogP contribution in [0.4, 0.5) is 81.5 Å². The SMILES string of the molecule is Cc1cc(Nc2cc(-c3cc(C)c(C)c(C)c3)nc(-c3ccc(Cl)cc3)n2)n[nH]1.Cc1cc(Nc2cc(Sc3ccc([NH-])cc3)nc(-c3ccccc3)n2)n[nH]1.Cc1cc(Nc2ccnc(-c3ccccc3)n2)n[nH]1.Cc1cc(Nc2ccnc(N3CCC(C)CC3)n2)n[nH]1.Cc1cc(Nc2nc(N3CCC(C)CC3)ncc2[N+](=O)[O-])n[nH]1.[Ac]. The first kappa shape index (κ1) is 85.8. The van der Waals surface area contributed by atoms with E-state index in [1.807, 2.05) is 180 Å². The van der Waals surface area contributed by atoms with E-state index in [4.69, 9.17) is 32.3 Å². The molecule has 0 saturated carbocycles. The molecule has 0 spiro atoms. The summed E-state index contributed by atoms with van der Waals surface area (Å²) in [5.41, 5.74) is 21.3. The zero-order valence-electron chi connectivity index (χ0n) is 67.5. The Hall–Kier alpha value is -12.6. The number of halogens is 1. The van der Waals surface area contributed by atoms with E-state index in [-0.39, 0.29) is 55.6 Å². The molecule has 0 bridgehead atoms. The Balaban J connectivity index is 0.000000137. The molecular weight excluding hydrogens is 1750 g/mol. The summed E-state index contributed by atoms with van der Waals surface area (Å²) in [5.74, 6) is 11.2. The van der Waals surface area contributed by atoms with Crippen LogP contribution in [0.1, 0.15) is 84.7 Å². The number of aromatic nitrogens is 20. The van der Waals surface area contributed by atoms with Crippen LogP contribution in [0, 0.1) is 121 Å². The molecule has 2 saturated heterocycles. The van der Waals surface area contributed by atoms with Gasteiger partial charge in [0, 0.05) is 186 Å². The van der Waals surface area contributed by atoms with E-state index in [0.29, 0.717) is 69.1 Å². The molecule has 2 aliphatic heterocycles. The molecule has 0 amide bonds. The molecule has 0 aliphatic carbocycles. The maximum Gasteiger partial charge on any atom is 0.330 e. The van der Waals surface area contributed by atoms with Crippen molar-refractivity contribution in [2.45, 2.75) is 105 Å². The summed E-state index contributed by atoms with van der Waals surface area (Å²) in [5, 5.41) is 63.6. The maximum atomic E-state index is 11.2. The number of nitrogens with zero attached hydrogens (tertiary/aromatic N) is 18. The second kappa shape index (κ2) is 41.0. The number of H-pyrrole nitrogens is 5. The molecule has 5 aromatic carbocycles. The molecule has 2 fully saturated rings. The zero-order valence-corrected chi connectivity index (χ0v) is 73.8. The van der Waals surface area contributed by atoms with Crippen LogP contribution in [0.2, 0.25) is 5.02 Å². The molecule has 1 radical (unpaired) electrons. The van der Waals surface area contributed by atoms with Gasteiger partial charge in [-0.1, -0.05) is 110 Å². The van der Waals surface area contributed by atoms with E-state index in [1.165, 1.54) is 47.5 Å². The molecule has 2 aliphatic rings. The van der Waals surface area contributed by atoms with Gasteiger partial charge in [-0.05, 0) is 170 Å². The zero-order chi connectivity index (χ0) is 82.6. The van der Waals surface area contributed by atoms with Gasteiger partial charge in [-0.2, -0.15) is 35.5 Å². The van der Waals surface area contributed by atoms with Crippen LogP contribution in [0.15, 0.2) is 204 Å². The molecular formula is C85H91AcClN29O2S-. The molecule has 15 aromatic rings. The summed E-state index contributed by atoms with van der Waals surface area (Å²) in [7, 11) is 0. The minimum absolute atomic E-state index is 0. The number of aryl methyl sites for hydroxylation is 7. The van der Waals surface area contributed by atoms with Crippen molar-refractivity contribution < 1.29 is 49.0 Å². The van der Waals surface area contributed by atoms with Crippen molar-refractivity contribution in [2.75, 3.05) is 62.6 Å². The minimum Gasteiger partial charge on any atom is -0.699 e. The van der Waals surface area contributed by atoms with Crippen molar-refractivity contribution in [3.8, 4) is 45.4 Å². The Bertz CT molecular complexity index is 5790. The van der Waals surface area contributed by atoms with E-state index >= 15 is 0 Å². The fourth-order valence-corrected chi connectivity index (χ4v) is 13.4. The number of anilines is 12. The number of benzene rings is 5. The minimum atomic E-state index is -0.496. The van der Waals surface area contributed by atoms with E-state index in [2.05, 4.69) is 169 Å². The third-order valence-electron chi connectivity index (χ3n) is 19.1. The molecule has 119 heavy (non-hydrogen) atoms. The number of nitrogens with one attached hydrogen (secondary N) is 11. The van der Waals surface area contributed by atoms with Crippen LogP contribution in [0.3, 0.4) is 0 Å². The van der Waals surface area contributed by atoms with Gasteiger partial charge in [0.1, 0.15) is 34.5 Å². The van der Waals surface area contributed by atoms with Gasteiger partial charge in [0.05, 0.1) is 10.6 Å². The summed E-state index contributed by atoms with van der Waals surface area (Å²) in [4.78, 5) is 61.1. The smallest absolute Gasteiger partial charge is 0.330 e. The van der Waals surface area contributed by atoms with E-state index < -0.39 is 4.92 Å². The monoisotopic (exact) mass is 1840 g/mol. The maximum absolute atomic E-state index is 11.2. The van der Waals surface area contributed by atoms with Gasteiger partial charge in [0.2, 0.25) is 17.7 Å². The number of rotatable bonds is 19. The van der Waals surface area contributed by atoms with Gasteiger partial charge in [0.15, 0.2) is 46.6 Å². The van der Waals surface area contributed by atoms with Gasteiger partial charge < -0.3 is 42.1 Å². The fourth-order valence-electron chi connectivity index (χ4n) is 12.4. The molecule has 17 rings (SSSR count). The summed E-state index contributed by atoms with van der Waals surface area (Å²) in [6, 6.07) is 56.0. The number of hydrogen-bond donors (Lipinski definition) is 10. The Kier molecular flexibility index (Phi) is 29.6. The summed E-state index contributed by atoms with van der Waals surface area (Å²) >= 11 is 7.58. The van der Waals surface area contributed by atoms with Gasteiger partial charge in [-0.25, -0.2) is 39.9 Å². The molecule has 0 atom stereocenters. The van der Waals surface area contributed by atoms with Crippen LogP contribution in [-0.4, -0.2) is 132 Å². The third kappa shape index (κ3) is 24.8. The summed E-state index contributed by atoms with van der Waals surface area (Å²) < 4.78 is 0. The van der Waals surface area contributed by atoms with E-state index in [1.54, 1.807) is 30.6 Å². The molecule has 34 heteroatoms. The first-order valence-corrected chi connectivity index (χ1v) is 39.6. The van der Waals surface area contributed by atoms with E-state index in [9.17, 15) is 10.1 Å². The first-order chi connectivity index (χ1) is 57.1. The predicted octanol–water partition coefficient (Wildman–Crippen LogP) is 19.7. The Morgan fingerprint density at radius 3 is 1.34 bits per heavy atom. The van der Waals surface area contributed by atoms with Crippen molar-refractivity contribution in [1.82, 2.24) is 101 Å². The second-order valence-corrected chi connectivity index (χ2v) is 30.3. The summed E-state index contributed by atoms with van der Waals surface area (Å²) in [6.07, 6.45) is 9.34. The molecule has 12 heterocycles. The van der Waals surface area contributed by atoms with Gasteiger partial charge in [-0.3, -0.25) is 35.6 Å². The van der Waals surface area contributed by atoms with E-state index in [0.717, 1.165) is 140 Å². The largest absolute Gasteiger partial charge is 0.699 e. The second-order valence-electron chi connectivity index (χ2n) is 28.8. The average Bonchev–Trinajstić information content (AvgIpc) is 1.46. The number of piperidine rings is 2. The molecule has 11 N–H and O–H groups in total. The number of aromatic amines is 5. The van der Waals surface area contributed by atoms with Gasteiger partial charge in [0.25, 0.3) is 0 Å². The Morgan fingerprint density at radius 1 is 0.437 bits per heavy atom. The molecule has 10 aromatic heterocycles. The van der Waals surface area contributed by atoms with Gasteiger partial charge in [-0.15, -0.1) is 5.69 Å². The van der Waals surface area contributed by atoms with Crippen molar-refractivity contribution in [1.29, 1.82) is 0 Å². The summed E-state index contributed by atoms with van der Waals surface area (Å²) in [6.45, 7) is 24.4. The standard InChI is InChI=1S/C23H22ClN5.C20H17N6S.C14H19N7O2.C14H20N6.C14H13N5.Ac/c1-13-9-18(10-14(2)16(13)4)20-12-21(26-22-11-15(3)28-29-22)27-23(25-20)17-5-7-19(24)8-6-17;1-13-11-18(26-25-13)22-17-12-19(27-16-9-7-15(21)8-10-16)24-20(23-17)14-5-3-2-4-6-14;1-9-3-5-20(6-4-9)14-15-8-11(21(22)23)13(17-14)16-12-7-10(2)18-19-12;1-10-4-7-20(8-5-10)14-15-6-3-12(17-14)16-13-9-11(2)18-19-13;1-10-9-13(19-18-10)16-12-7-8-15-14(17-12)11-5-3-2-4-6-11;/h5-12H,1-4H3,(H2,25,26,27,28,29);2-12,21H,1H3,(H2,22,23,24,25,26);7-9H,3-6H2,1-2H3,(H2,15,16,17,18,19);3,6,9-10H,4-5,7-8H2,1-2H3,(H2,15,16,17,18,19);2-9H,1H3,(H2,15,16,17,18,19);/q;-1;;;;. The van der Waals surface area contributed by atoms with Crippen LogP contribution < -0.4 is 36.4 Å². The van der Waals surface area contributed by atoms with Crippen molar-refractivity contribution in [2.24, 2.45) is 11.8 Å². The topological polar surface area (TPSA) is 406 Å². The third-order valence-corrected chi connectivity index (χ3v) is 20.3. The fraction of sp³-hybridized carbons (Fsp3) is 0.235. The van der Waals surface area contributed by atoms with Crippen molar-refractivity contribution in [3.63, 3.8) is 0 Å². The van der Waals surface area contributed by atoms with Crippen LogP contribution in [0.5, 0.6) is 0 Å². The normalized spacial score (nSPS) is 12.5. The Labute approximate surface area is 733 Å². The average molecular weight is 1850 g/mol. The van der Waals surface area contributed by atoms with Crippen LogP contribution in [0.25, 0.3) is 51.2 Å². The molecule has 605 valence electrons. The first-order valence-electron chi connectivity index (χ1n) is 38.4. The number of nitro groups is 1. The number of hydrogen-bond acceptors (Lipinski definition) is 25. The molecule has 0 unspecified atom stereocenters. The van der Waals surface area contributed by atoms with Gasteiger partial charge >= 0.3 is 5.69 Å². The molecule has 31 nitrogen and oxygen atoms in total. The van der Waals surface area contributed by atoms with Crippen LogP contribution >= 0.6 is 23.4 Å².